The Morgan fingerprint density at radius 2 is 2.06 bits per heavy atom. The molecule has 2 rings (SSSR count). The molecule has 0 aromatic rings. The fraction of sp³-hybridized carbons (Fsp3) is 0.923. The second kappa shape index (κ2) is 6.36. The van der Waals surface area contributed by atoms with Crippen LogP contribution in [-0.2, 0) is 4.79 Å². The van der Waals surface area contributed by atoms with Gasteiger partial charge in [-0.05, 0) is 64.2 Å². The summed E-state index contributed by atoms with van der Waals surface area (Å²) >= 11 is 0. The molecule has 17 heavy (non-hydrogen) atoms. The van der Waals surface area contributed by atoms with Gasteiger partial charge in [0.1, 0.15) is 0 Å². The first-order chi connectivity index (χ1) is 8.25. The fourth-order valence-electron chi connectivity index (χ4n) is 3.03. The molecule has 0 radical (unpaired) electrons. The number of nitrogens with zero attached hydrogens (tertiary/aromatic N) is 1. The topological polar surface area (TPSA) is 58.4 Å². The zero-order chi connectivity index (χ0) is 12.1. The van der Waals surface area contributed by atoms with Crippen molar-refractivity contribution in [2.75, 3.05) is 32.7 Å². The largest absolute Gasteiger partial charge is 0.369 e. The van der Waals surface area contributed by atoms with Crippen molar-refractivity contribution in [1.29, 1.82) is 0 Å². The summed E-state index contributed by atoms with van der Waals surface area (Å²) in [4.78, 5) is 13.6. The Bertz CT molecular complexity index is 251. The highest BCUT2D eigenvalue weighted by Gasteiger charge is 2.24. The van der Waals surface area contributed by atoms with Crippen LogP contribution in [0.15, 0.2) is 0 Å². The van der Waals surface area contributed by atoms with Crippen molar-refractivity contribution in [3.05, 3.63) is 0 Å². The molecule has 0 aliphatic carbocycles. The summed E-state index contributed by atoms with van der Waals surface area (Å²) in [7, 11) is 0. The van der Waals surface area contributed by atoms with Crippen LogP contribution in [0.25, 0.3) is 0 Å². The zero-order valence-corrected chi connectivity index (χ0v) is 10.7. The van der Waals surface area contributed by atoms with Gasteiger partial charge >= 0.3 is 0 Å². The average molecular weight is 239 g/mol. The standard InChI is InChI=1S/C13H25N3O/c14-13(17)12-2-1-8-16(10-12)9-5-11-3-6-15-7-4-11/h11-12,15H,1-10H2,(H2,14,17). The van der Waals surface area contributed by atoms with Crippen LogP contribution in [0.3, 0.4) is 0 Å². The Morgan fingerprint density at radius 1 is 1.29 bits per heavy atom. The lowest BCUT2D eigenvalue weighted by molar-refractivity contribution is -0.123. The lowest BCUT2D eigenvalue weighted by Crippen LogP contribution is -2.42. The summed E-state index contributed by atoms with van der Waals surface area (Å²) in [6.45, 7) is 5.53. The molecular weight excluding hydrogens is 214 g/mol. The van der Waals surface area contributed by atoms with Crippen LogP contribution < -0.4 is 11.1 Å². The van der Waals surface area contributed by atoms with Crippen molar-refractivity contribution in [1.82, 2.24) is 10.2 Å². The van der Waals surface area contributed by atoms with Gasteiger partial charge in [0, 0.05) is 6.54 Å². The van der Waals surface area contributed by atoms with Gasteiger partial charge in [-0.3, -0.25) is 4.79 Å². The number of likely N-dealkylation sites (tertiary alicyclic amines) is 1. The van der Waals surface area contributed by atoms with Crippen LogP contribution in [0, 0.1) is 11.8 Å². The molecule has 2 heterocycles. The van der Waals surface area contributed by atoms with Crippen molar-refractivity contribution in [2.45, 2.75) is 32.1 Å². The molecule has 2 saturated heterocycles. The highest BCUT2D eigenvalue weighted by atomic mass is 16.1. The molecule has 1 unspecified atom stereocenters. The van der Waals surface area contributed by atoms with Gasteiger partial charge in [-0.25, -0.2) is 0 Å². The van der Waals surface area contributed by atoms with Gasteiger partial charge in [-0.15, -0.1) is 0 Å². The molecule has 0 aromatic carbocycles. The second-order valence-corrected chi connectivity index (χ2v) is 5.52. The third kappa shape index (κ3) is 3.96. The number of carbonyl (C=O) groups excluding carboxylic acids is 1. The average Bonchev–Trinajstić information content (AvgIpc) is 2.38. The van der Waals surface area contributed by atoms with E-state index in [-0.39, 0.29) is 11.8 Å². The van der Waals surface area contributed by atoms with Gasteiger partial charge in [-0.1, -0.05) is 0 Å². The van der Waals surface area contributed by atoms with Gasteiger partial charge in [0.15, 0.2) is 0 Å². The number of rotatable bonds is 4. The summed E-state index contributed by atoms with van der Waals surface area (Å²) in [5, 5.41) is 3.40. The number of primary amides is 1. The molecule has 0 saturated carbocycles. The third-order valence-electron chi connectivity index (χ3n) is 4.22. The van der Waals surface area contributed by atoms with E-state index in [1.54, 1.807) is 0 Å². The minimum absolute atomic E-state index is 0.0942. The Kier molecular flexibility index (Phi) is 4.80. The number of carbonyl (C=O) groups is 1. The van der Waals surface area contributed by atoms with E-state index < -0.39 is 0 Å². The SMILES string of the molecule is NC(=O)C1CCCN(CCC2CCNCC2)C1. The maximum absolute atomic E-state index is 11.2. The first-order valence-electron chi connectivity index (χ1n) is 6.98. The normalized spacial score (nSPS) is 28.1. The Morgan fingerprint density at radius 3 is 2.76 bits per heavy atom. The first-order valence-corrected chi connectivity index (χ1v) is 6.98. The molecule has 4 heteroatoms. The number of hydrogen-bond donors (Lipinski definition) is 2. The van der Waals surface area contributed by atoms with Crippen LogP contribution in [0.2, 0.25) is 0 Å². The smallest absolute Gasteiger partial charge is 0.221 e. The highest BCUT2D eigenvalue weighted by molar-refractivity contribution is 5.76. The van der Waals surface area contributed by atoms with Gasteiger partial charge < -0.3 is 16.0 Å². The van der Waals surface area contributed by atoms with Gasteiger partial charge in [0.25, 0.3) is 0 Å². The number of nitrogens with two attached hydrogens (primary N) is 1. The molecule has 1 atom stereocenters. The van der Waals surface area contributed by atoms with Crippen LogP contribution in [0.1, 0.15) is 32.1 Å². The lowest BCUT2D eigenvalue weighted by Gasteiger charge is -2.32. The van der Waals surface area contributed by atoms with Gasteiger partial charge in [-0.2, -0.15) is 0 Å². The van der Waals surface area contributed by atoms with Crippen LogP contribution in [0.5, 0.6) is 0 Å². The lowest BCUT2D eigenvalue weighted by atomic mass is 9.93. The van der Waals surface area contributed by atoms with E-state index in [1.165, 1.54) is 32.4 Å². The predicted octanol–water partition coefficient (Wildman–Crippen LogP) is 0.573. The maximum Gasteiger partial charge on any atom is 0.221 e. The van der Waals surface area contributed by atoms with E-state index in [0.717, 1.165) is 38.4 Å². The van der Waals surface area contributed by atoms with Crippen molar-refractivity contribution < 1.29 is 4.79 Å². The van der Waals surface area contributed by atoms with E-state index in [4.69, 9.17) is 5.73 Å². The third-order valence-corrected chi connectivity index (χ3v) is 4.22. The minimum Gasteiger partial charge on any atom is -0.369 e. The number of nitrogens with one attached hydrogen (secondary N) is 1. The summed E-state index contributed by atoms with van der Waals surface area (Å²) in [6, 6.07) is 0. The molecule has 0 bridgehead atoms. The van der Waals surface area contributed by atoms with Crippen LogP contribution >= 0.6 is 0 Å². The molecule has 98 valence electrons. The molecule has 3 N–H and O–H groups in total. The molecule has 4 nitrogen and oxygen atoms in total. The molecule has 1 amide bonds. The molecule has 2 aliphatic heterocycles. The monoisotopic (exact) mass is 239 g/mol. The van der Waals surface area contributed by atoms with Crippen LogP contribution in [0.4, 0.5) is 0 Å². The van der Waals surface area contributed by atoms with Crippen LogP contribution in [-0.4, -0.2) is 43.5 Å². The van der Waals surface area contributed by atoms with Gasteiger partial charge in [0.2, 0.25) is 5.91 Å². The summed E-state index contributed by atoms with van der Waals surface area (Å²) in [5.41, 5.74) is 5.39. The van der Waals surface area contributed by atoms with E-state index >= 15 is 0 Å². The number of amides is 1. The van der Waals surface area contributed by atoms with E-state index in [1.807, 2.05) is 0 Å². The Balaban J connectivity index is 1.69. The molecule has 2 aliphatic rings. The number of piperidine rings is 2. The molecular formula is C13H25N3O. The second-order valence-electron chi connectivity index (χ2n) is 5.52. The van der Waals surface area contributed by atoms with Crippen molar-refractivity contribution in [2.24, 2.45) is 17.6 Å². The van der Waals surface area contributed by atoms with Crippen molar-refractivity contribution >= 4 is 5.91 Å². The highest BCUT2D eigenvalue weighted by Crippen LogP contribution is 2.20. The van der Waals surface area contributed by atoms with E-state index in [9.17, 15) is 4.79 Å². The van der Waals surface area contributed by atoms with Crippen molar-refractivity contribution in [3.63, 3.8) is 0 Å². The Hall–Kier alpha value is -0.610. The summed E-state index contributed by atoms with van der Waals surface area (Å²) < 4.78 is 0. The summed E-state index contributed by atoms with van der Waals surface area (Å²) in [6.07, 6.45) is 6.02. The van der Waals surface area contributed by atoms with E-state index in [2.05, 4.69) is 10.2 Å². The molecule has 0 spiro atoms. The number of hydrogen-bond acceptors (Lipinski definition) is 3. The maximum atomic E-state index is 11.2. The van der Waals surface area contributed by atoms with Crippen molar-refractivity contribution in [3.8, 4) is 0 Å². The first kappa shape index (κ1) is 12.8. The van der Waals surface area contributed by atoms with E-state index in [0.29, 0.717) is 0 Å². The summed E-state index contributed by atoms with van der Waals surface area (Å²) in [5.74, 6) is 0.860. The van der Waals surface area contributed by atoms with Gasteiger partial charge in [0.05, 0.1) is 5.92 Å². The minimum atomic E-state index is -0.114. The predicted molar refractivity (Wildman–Crippen MR) is 68.6 cm³/mol. The quantitative estimate of drug-likeness (QED) is 0.754. The fourth-order valence-corrected chi connectivity index (χ4v) is 3.03. The molecule has 0 aromatic heterocycles. The Labute approximate surface area is 104 Å². The zero-order valence-electron chi connectivity index (χ0n) is 10.7. The molecule has 2 fully saturated rings.